The molecule has 0 radical (unpaired) electrons. The minimum Gasteiger partial charge on any atom is -0.294 e. The van der Waals surface area contributed by atoms with Crippen molar-refractivity contribution in [1.29, 1.82) is 0 Å². The normalized spacial score (nSPS) is 9.55. The predicted octanol–water partition coefficient (Wildman–Crippen LogP) is 3.33. The summed E-state index contributed by atoms with van der Waals surface area (Å²) < 4.78 is 0. The molecule has 2 rings (SSSR count). The fraction of sp³-hybridized carbons (Fsp3) is 0.105. The summed E-state index contributed by atoms with van der Waals surface area (Å²) in [5, 5.41) is 0. The van der Waals surface area contributed by atoms with Crippen molar-refractivity contribution >= 4 is 17.3 Å². The maximum Gasteiger partial charge on any atom is 0.236 e. The van der Waals surface area contributed by atoms with Gasteiger partial charge in [0.15, 0.2) is 11.6 Å². The molecule has 0 spiro atoms. The van der Waals surface area contributed by atoms with Crippen molar-refractivity contribution in [2.75, 3.05) is 0 Å². The van der Waals surface area contributed by atoms with Gasteiger partial charge in [0.05, 0.1) is 0 Å². The van der Waals surface area contributed by atoms with Gasteiger partial charge >= 0.3 is 0 Å². The quantitative estimate of drug-likeness (QED) is 0.643. The van der Waals surface area contributed by atoms with E-state index in [0.29, 0.717) is 11.1 Å². The average molecular weight is 290 g/mol. The minimum atomic E-state index is -0.388. The van der Waals surface area contributed by atoms with Crippen LogP contribution in [0.25, 0.3) is 0 Å². The second kappa shape index (κ2) is 6.64. The minimum absolute atomic E-state index is 0.209. The van der Waals surface area contributed by atoms with Gasteiger partial charge in [0.2, 0.25) is 5.78 Å². The Morgan fingerprint density at radius 3 is 2.05 bits per heavy atom. The number of rotatable bonds is 3. The highest BCUT2D eigenvalue weighted by atomic mass is 16.1. The van der Waals surface area contributed by atoms with Crippen molar-refractivity contribution in [1.82, 2.24) is 0 Å². The maximum absolute atomic E-state index is 12.1. The molecule has 0 unspecified atom stereocenters. The van der Waals surface area contributed by atoms with E-state index in [-0.39, 0.29) is 22.9 Å². The summed E-state index contributed by atoms with van der Waals surface area (Å²) in [7, 11) is 0. The Kier molecular flexibility index (Phi) is 4.65. The summed E-state index contributed by atoms with van der Waals surface area (Å²) in [5.41, 5.74) is 1.61. The summed E-state index contributed by atoms with van der Waals surface area (Å²) in [6, 6.07) is 13.6. The number of carbonyl (C=O) groups is 3. The predicted molar refractivity (Wildman–Crippen MR) is 84.1 cm³/mol. The summed E-state index contributed by atoms with van der Waals surface area (Å²) in [4.78, 5) is 35.2. The second-order valence-corrected chi connectivity index (χ2v) is 4.82. The van der Waals surface area contributed by atoms with E-state index in [0.717, 1.165) is 5.56 Å². The van der Waals surface area contributed by atoms with E-state index in [1.54, 1.807) is 12.1 Å². The SMILES string of the molecule is CC(=O)c1ccc(C(=O)C#Cc2ccccc2)cc1C(C)=O. The molecule has 3 heteroatoms. The molecular formula is C19H14O3. The lowest BCUT2D eigenvalue weighted by molar-refractivity contribution is 0.0980. The van der Waals surface area contributed by atoms with Gasteiger partial charge in [-0.05, 0) is 50.1 Å². The number of ketones is 3. The van der Waals surface area contributed by atoms with Crippen LogP contribution in [0.4, 0.5) is 0 Å². The van der Waals surface area contributed by atoms with Gasteiger partial charge in [0.25, 0.3) is 0 Å². The van der Waals surface area contributed by atoms with Crippen LogP contribution in [0, 0.1) is 11.8 Å². The van der Waals surface area contributed by atoms with Crippen LogP contribution in [0.15, 0.2) is 48.5 Å². The Hall–Kier alpha value is -2.99. The molecule has 0 aliphatic rings. The zero-order valence-electron chi connectivity index (χ0n) is 12.3. The van der Waals surface area contributed by atoms with Crippen molar-refractivity contribution in [2.24, 2.45) is 0 Å². The fourth-order valence-electron chi connectivity index (χ4n) is 2.01. The molecule has 0 N–H and O–H groups in total. The smallest absolute Gasteiger partial charge is 0.236 e. The molecule has 22 heavy (non-hydrogen) atoms. The summed E-state index contributed by atoms with van der Waals surface area (Å²) >= 11 is 0. The maximum atomic E-state index is 12.1. The van der Waals surface area contributed by atoms with E-state index in [4.69, 9.17) is 0 Å². The Morgan fingerprint density at radius 1 is 0.818 bits per heavy atom. The zero-order chi connectivity index (χ0) is 16.1. The third-order valence-electron chi connectivity index (χ3n) is 3.13. The number of hydrogen-bond donors (Lipinski definition) is 0. The molecule has 3 nitrogen and oxygen atoms in total. The van der Waals surface area contributed by atoms with E-state index in [2.05, 4.69) is 11.8 Å². The third kappa shape index (κ3) is 3.56. The molecule has 0 fully saturated rings. The van der Waals surface area contributed by atoms with Crippen LogP contribution >= 0.6 is 0 Å². The van der Waals surface area contributed by atoms with Crippen molar-refractivity contribution in [3.8, 4) is 11.8 Å². The largest absolute Gasteiger partial charge is 0.294 e. The van der Waals surface area contributed by atoms with Crippen molar-refractivity contribution < 1.29 is 14.4 Å². The summed E-state index contributed by atoms with van der Waals surface area (Å²) in [5.74, 6) is 4.47. The fourth-order valence-corrected chi connectivity index (χ4v) is 2.01. The molecule has 0 aliphatic heterocycles. The molecule has 0 heterocycles. The van der Waals surface area contributed by atoms with Crippen LogP contribution in [0.5, 0.6) is 0 Å². The summed E-state index contributed by atoms with van der Waals surface area (Å²) in [6.45, 7) is 2.75. The second-order valence-electron chi connectivity index (χ2n) is 4.82. The van der Waals surface area contributed by atoms with Gasteiger partial charge in [-0.3, -0.25) is 14.4 Å². The Morgan fingerprint density at radius 2 is 1.45 bits per heavy atom. The number of carbonyl (C=O) groups excluding carboxylic acids is 3. The first-order chi connectivity index (χ1) is 10.5. The number of hydrogen-bond acceptors (Lipinski definition) is 3. The Bertz CT molecular complexity index is 806. The summed E-state index contributed by atoms with van der Waals surface area (Å²) in [6.07, 6.45) is 0. The standard InChI is InChI=1S/C19H14O3/c1-13(20)17-10-9-16(12-18(17)14(2)21)19(22)11-8-15-6-4-3-5-7-15/h3-7,9-10,12H,1-2H3. The molecular weight excluding hydrogens is 276 g/mol. The molecule has 0 aromatic heterocycles. The van der Waals surface area contributed by atoms with E-state index < -0.39 is 0 Å². The van der Waals surface area contributed by atoms with E-state index in [1.165, 1.54) is 32.0 Å². The molecule has 0 saturated carbocycles. The lowest BCUT2D eigenvalue weighted by Crippen LogP contribution is -2.07. The Labute approximate surface area is 129 Å². The van der Waals surface area contributed by atoms with Crippen LogP contribution in [0.3, 0.4) is 0 Å². The molecule has 0 amide bonds. The van der Waals surface area contributed by atoms with Gasteiger partial charge in [0.1, 0.15) is 0 Å². The van der Waals surface area contributed by atoms with Gasteiger partial charge in [0, 0.05) is 22.3 Å². The monoisotopic (exact) mass is 290 g/mol. The van der Waals surface area contributed by atoms with Crippen molar-refractivity contribution in [2.45, 2.75) is 13.8 Å². The molecule has 2 aromatic rings. The van der Waals surface area contributed by atoms with Crippen LogP contribution in [0.2, 0.25) is 0 Å². The first-order valence-corrected chi connectivity index (χ1v) is 6.76. The highest BCUT2D eigenvalue weighted by Gasteiger charge is 2.14. The van der Waals surface area contributed by atoms with Gasteiger partial charge in [-0.2, -0.15) is 0 Å². The zero-order valence-corrected chi connectivity index (χ0v) is 12.3. The molecule has 0 bridgehead atoms. The molecule has 2 aromatic carbocycles. The van der Waals surface area contributed by atoms with Crippen molar-refractivity contribution in [3.63, 3.8) is 0 Å². The first kappa shape index (κ1) is 15.4. The highest BCUT2D eigenvalue weighted by molar-refractivity contribution is 6.13. The highest BCUT2D eigenvalue weighted by Crippen LogP contribution is 2.14. The Balaban J connectivity index is 2.35. The first-order valence-electron chi connectivity index (χ1n) is 6.76. The van der Waals surface area contributed by atoms with Gasteiger partial charge in [-0.1, -0.05) is 24.1 Å². The van der Waals surface area contributed by atoms with Crippen LogP contribution < -0.4 is 0 Å². The van der Waals surface area contributed by atoms with E-state index >= 15 is 0 Å². The van der Waals surface area contributed by atoms with Gasteiger partial charge < -0.3 is 0 Å². The topological polar surface area (TPSA) is 51.2 Å². The van der Waals surface area contributed by atoms with Gasteiger partial charge in [-0.25, -0.2) is 0 Å². The number of Topliss-reactive ketones (excluding diaryl/α,β-unsaturated/α-hetero) is 3. The van der Waals surface area contributed by atoms with Crippen LogP contribution in [-0.2, 0) is 0 Å². The molecule has 108 valence electrons. The molecule has 0 atom stereocenters. The molecule has 0 saturated heterocycles. The third-order valence-corrected chi connectivity index (χ3v) is 3.13. The van der Waals surface area contributed by atoms with Crippen LogP contribution in [-0.4, -0.2) is 17.3 Å². The average Bonchev–Trinajstić information content (AvgIpc) is 2.52. The van der Waals surface area contributed by atoms with Crippen LogP contribution in [0.1, 0.15) is 50.5 Å². The van der Waals surface area contributed by atoms with Crippen molar-refractivity contribution in [3.05, 3.63) is 70.8 Å². The number of benzene rings is 2. The lowest BCUT2D eigenvalue weighted by atomic mass is 9.97. The lowest BCUT2D eigenvalue weighted by Gasteiger charge is -2.04. The molecule has 0 aliphatic carbocycles. The van der Waals surface area contributed by atoms with Gasteiger partial charge in [-0.15, -0.1) is 0 Å². The van der Waals surface area contributed by atoms with E-state index in [9.17, 15) is 14.4 Å². The van der Waals surface area contributed by atoms with E-state index in [1.807, 2.05) is 18.2 Å².